The van der Waals surface area contributed by atoms with Gasteiger partial charge in [0.05, 0.1) is 23.3 Å². The largest absolute Gasteiger partial charge is 0.460 e. The maximum atomic E-state index is 12.9. The zero-order valence-corrected chi connectivity index (χ0v) is 16.1. The Morgan fingerprint density at radius 1 is 1.11 bits per heavy atom. The number of rotatable bonds is 4. The Bertz CT molecular complexity index is 838. The molecule has 2 fully saturated rings. The van der Waals surface area contributed by atoms with Crippen molar-refractivity contribution in [2.45, 2.75) is 25.4 Å². The van der Waals surface area contributed by atoms with E-state index in [1.807, 2.05) is 35.2 Å². The highest BCUT2D eigenvalue weighted by Crippen LogP contribution is 2.27. The minimum Gasteiger partial charge on any atom is -0.460 e. The second-order valence-electron chi connectivity index (χ2n) is 7.07. The van der Waals surface area contributed by atoms with Gasteiger partial charge in [-0.25, -0.2) is 9.97 Å². The van der Waals surface area contributed by atoms with Crippen molar-refractivity contribution in [2.75, 3.05) is 24.5 Å². The van der Waals surface area contributed by atoms with Gasteiger partial charge in [-0.1, -0.05) is 29.8 Å². The number of anilines is 1. The minimum atomic E-state index is -0.287. The molecule has 2 aliphatic rings. The maximum absolute atomic E-state index is 12.9. The van der Waals surface area contributed by atoms with Crippen LogP contribution in [0.2, 0.25) is 5.02 Å². The number of piperidine rings is 1. The molecule has 3 heterocycles. The molecule has 1 atom stereocenters. The predicted molar refractivity (Wildman–Crippen MR) is 104 cm³/mol. The molecule has 0 N–H and O–H groups in total. The number of ether oxygens (including phenoxy) is 1. The van der Waals surface area contributed by atoms with Crippen molar-refractivity contribution in [1.29, 1.82) is 0 Å². The molecule has 2 aromatic rings. The lowest BCUT2D eigenvalue weighted by Gasteiger charge is -2.33. The van der Waals surface area contributed by atoms with E-state index in [2.05, 4.69) is 9.97 Å². The van der Waals surface area contributed by atoms with Gasteiger partial charge in [0.1, 0.15) is 6.10 Å². The van der Waals surface area contributed by atoms with Crippen molar-refractivity contribution in [3.05, 3.63) is 47.7 Å². The highest BCUT2D eigenvalue weighted by atomic mass is 35.5. The Morgan fingerprint density at radius 2 is 1.79 bits per heavy atom. The number of hydrogen-bond donors (Lipinski definition) is 0. The van der Waals surface area contributed by atoms with Crippen LogP contribution in [-0.2, 0) is 9.59 Å². The average Bonchev–Trinajstić information content (AvgIpc) is 3.12. The third-order valence-corrected chi connectivity index (χ3v) is 5.36. The number of halogens is 1. The van der Waals surface area contributed by atoms with E-state index < -0.39 is 0 Å². The Labute approximate surface area is 168 Å². The minimum absolute atomic E-state index is 0.00246. The fraction of sp³-hybridized carbons (Fsp3) is 0.400. The number of carbonyl (C=O) groups excluding carboxylic acids is 2. The van der Waals surface area contributed by atoms with E-state index in [1.54, 1.807) is 4.90 Å². The van der Waals surface area contributed by atoms with Crippen molar-refractivity contribution in [2.24, 2.45) is 5.92 Å². The number of carbonyl (C=O) groups is 2. The van der Waals surface area contributed by atoms with E-state index in [9.17, 15) is 9.59 Å². The van der Waals surface area contributed by atoms with E-state index in [-0.39, 0.29) is 30.3 Å². The molecule has 2 aliphatic heterocycles. The van der Waals surface area contributed by atoms with Crippen LogP contribution in [0.3, 0.4) is 0 Å². The first-order chi connectivity index (χ1) is 13.6. The summed E-state index contributed by atoms with van der Waals surface area (Å²) in [6, 6.07) is 9.79. The van der Waals surface area contributed by atoms with Crippen molar-refractivity contribution in [1.82, 2.24) is 14.9 Å². The van der Waals surface area contributed by atoms with Crippen molar-refractivity contribution >= 4 is 29.1 Å². The van der Waals surface area contributed by atoms with Crippen LogP contribution in [0.1, 0.15) is 19.3 Å². The number of nitrogens with zero attached hydrogens (tertiary/aromatic N) is 4. The monoisotopic (exact) mass is 400 g/mol. The predicted octanol–water partition coefficient (Wildman–Crippen LogP) is 2.55. The van der Waals surface area contributed by atoms with Crippen LogP contribution in [0.5, 0.6) is 6.01 Å². The Morgan fingerprint density at radius 3 is 2.46 bits per heavy atom. The summed E-state index contributed by atoms with van der Waals surface area (Å²) in [4.78, 5) is 36.9. The fourth-order valence-electron chi connectivity index (χ4n) is 3.69. The Kier molecular flexibility index (Phi) is 5.43. The van der Waals surface area contributed by atoms with Crippen molar-refractivity contribution in [3.63, 3.8) is 0 Å². The summed E-state index contributed by atoms with van der Waals surface area (Å²) in [7, 11) is 0. The third kappa shape index (κ3) is 4.09. The molecule has 1 aromatic carbocycles. The molecule has 4 rings (SSSR count). The molecule has 7 nitrogen and oxygen atoms in total. The van der Waals surface area contributed by atoms with E-state index in [0.717, 1.165) is 5.69 Å². The van der Waals surface area contributed by atoms with Crippen molar-refractivity contribution < 1.29 is 14.3 Å². The van der Waals surface area contributed by atoms with Crippen LogP contribution in [0.15, 0.2) is 42.7 Å². The average molecular weight is 401 g/mol. The number of para-hydroxylation sites is 1. The highest BCUT2D eigenvalue weighted by molar-refractivity contribution is 6.30. The summed E-state index contributed by atoms with van der Waals surface area (Å²) < 4.78 is 5.77. The number of benzene rings is 1. The summed E-state index contributed by atoms with van der Waals surface area (Å²) in [5, 5.41) is 0.462. The number of amides is 2. The molecule has 1 aromatic heterocycles. The molecular formula is C20H21ClN4O3. The highest BCUT2D eigenvalue weighted by Gasteiger charge is 2.38. The van der Waals surface area contributed by atoms with E-state index in [4.69, 9.17) is 16.3 Å². The van der Waals surface area contributed by atoms with Gasteiger partial charge in [-0.2, -0.15) is 0 Å². The second-order valence-corrected chi connectivity index (χ2v) is 7.50. The van der Waals surface area contributed by atoms with Crippen LogP contribution >= 0.6 is 11.6 Å². The summed E-state index contributed by atoms with van der Waals surface area (Å²) in [5.41, 5.74) is 0.845. The smallest absolute Gasteiger partial charge is 0.316 e. The Balaban J connectivity index is 1.30. The van der Waals surface area contributed by atoms with Crippen LogP contribution < -0.4 is 9.64 Å². The van der Waals surface area contributed by atoms with E-state index in [0.29, 0.717) is 43.5 Å². The van der Waals surface area contributed by atoms with Crippen LogP contribution in [0.25, 0.3) is 0 Å². The molecule has 2 saturated heterocycles. The fourth-order valence-corrected chi connectivity index (χ4v) is 3.79. The summed E-state index contributed by atoms with van der Waals surface area (Å²) in [5.74, 6) is -0.236. The SMILES string of the molecule is O=C(C1CC(=O)N(c2ccccc2)C1)N1CCC(Oc2ncc(Cl)cn2)CC1. The second kappa shape index (κ2) is 8.14. The zero-order valence-electron chi connectivity index (χ0n) is 15.3. The lowest BCUT2D eigenvalue weighted by atomic mass is 10.0. The molecule has 2 amide bonds. The molecule has 146 valence electrons. The van der Waals surface area contributed by atoms with Gasteiger partial charge < -0.3 is 14.5 Å². The molecule has 0 spiro atoms. The molecule has 0 saturated carbocycles. The van der Waals surface area contributed by atoms with Gasteiger partial charge in [-0.15, -0.1) is 0 Å². The molecule has 28 heavy (non-hydrogen) atoms. The first kappa shape index (κ1) is 18.7. The topological polar surface area (TPSA) is 75.6 Å². The van der Waals surface area contributed by atoms with Gasteiger partial charge in [0.15, 0.2) is 0 Å². The third-order valence-electron chi connectivity index (χ3n) is 5.16. The van der Waals surface area contributed by atoms with Gasteiger partial charge in [0.2, 0.25) is 11.8 Å². The molecule has 0 radical (unpaired) electrons. The molecule has 8 heteroatoms. The van der Waals surface area contributed by atoms with Gasteiger partial charge in [-0.05, 0) is 12.1 Å². The van der Waals surface area contributed by atoms with Crippen molar-refractivity contribution in [3.8, 4) is 6.01 Å². The quantitative estimate of drug-likeness (QED) is 0.788. The van der Waals surface area contributed by atoms with Gasteiger partial charge in [0.25, 0.3) is 0 Å². The number of aromatic nitrogens is 2. The molecule has 0 bridgehead atoms. The summed E-state index contributed by atoms with van der Waals surface area (Å²) in [6.07, 6.45) is 4.65. The normalized spacial score (nSPS) is 20.5. The Hall–Kier alpha value is -2.67. The van der Waals surface area contributed by atoms with Crippen LogP contribution in [0, 0.1) is 5.92 Å². The molecule has 0 aliphatic carbocycles. The van der Waals surface area contributed by atoms with E-state index in [1.165, 1.54) is 12.4 Å². The molecular weight excluding hydrogens is 380 g/mol. The standard InChI is InChI=1S/C20H21ClN4O3/c21-15-11-22-20(23-12-15)28-17-6-8-24(9-7-17)19(27)14-10-18(26)25(13-14)16-4-2-1-3-5-16/h1-5,11-12,14,17H,6-10,13H2. The first-order valence-corrected chi connectivity index (χ1v) is 9.76. The van der Waals surface area contributed by atoms with Crippen LogP contribution in [-0.4, -0.2) is 52.4 Å². The summed E-state index contributed by atoms with van der Waals surface area (Å²) >= 11 is 5.78. The maximum Gasteiger partial charge on any atom is 0.316 e. The lowest BCUT2D eigenvalue weighted by molar-refractivity contribution is -0.137. The lowest BCUT2D eigenvalue weighted by Crippen LogP contribution is -2.45. The first-order valence-electron chi connectivity index (χ1n) is 9.38. The van der Waals surface area contributed by atoms with Gasteiger partial charge in [-0.3, -0.25) is 9.59 Å². The number of hydrogen-bond acceptors (Lipinski definition) is 5. The van der Waals surface area contributed by atoms with Crippen LogP contribution in [0.4, 0.5) is 5.69 Å². The van der Waals surface area contributed by atoms with Gasteiger partial charge >= 0.3 is 6.01 Å². The van der Waals surface area contributed by atoms with Gasteiger partial charge in [0, 0.05) is 44.6 Å². The van der Waals surface area contributed by atoms with E-state index >= 15 is 0 Å². The zero-order chi connectivity index (χ0) is 19.5. The molecule has 1 unspecified atom stereocenters. The number of likely N-dealkylation sites (tertiary alicyclic amines) is 1. The summed E-state index contributed by atoms with van der Waals surface area (Å²) in [6.45, 7) is 1.65.